The fraction of sp³-hybridized carbons (Fsp3) is 0.538. The molecular formula is C13H16N2O4. The average molecular weight is 264 g/mol. The van der Waals surface area contributed by atoms with E-state index in [0.717, 1.165) is 12.8 Å². The molecule has 1 aromatic carbocycles. The van der Waals surface area contributed by atoms with Crippen LogP contribution in [-0.4, -0.2) is 35.8 Å². The molecule has 0 atom stereocenters. The fourth-order valence-corrected chi connectivity index (χ4v) is 2.70. The van der Waals surface area contributed by atoms with E-state index < -0.39 is 10.5 Å². The lowest BCUT2D eigenvalue weighted by atomic mass is 9.88. The Morgan fingerprint density at radius 2 is 2.16 bits per heavy atom. The topological polar surface area (TPSA) is 75.8 Å². The van der Waals surface area contributed by atoms with Gasteiger partial charge in [0.1, 0.15) is 17.0 Å². The molecule has 1 saturated carbocycles. The van der Waals surface area contributed by atoms with Gasteiger partial charge in [0.2, 0.25) is 0 Å². The van der Waals surface area contributed by atoms with E-state index >= 15 is 0 Å². The van der Waals surface area contributed by atoms with E-state index in [2.05, 4.69) is 0 Å². The van der Waals surface area contributed by atoms with Crippen LogP contribution in [0.1, 0.15) is 12.8 Å². The highest BCUT2D eigenvalue weighted by atomic mass is 16.6. The van der Waals surface area contributed by atoms with Crippen molar-refractivity contribution in [1.82, 2.24) is 0 Å². The Hall–Kier alpha value is -1.82. The van der Waals surface area contributed by atoms with E-state index in [1.54, 1.807) is 12.1 Å². The first-order valence-electron chi connectivity index (χ1n) is 6.33. The standard InChI is InChI=1S/C13H16N2O4/c1-19-10-4-5-11(15(17)18)12(6-10)14-7-13(16,8-14)9-2-3-9/h4-6,9,16H,2-3,7-8H2,1H3. The number of ether oxygens (including phenoxy) is 1. The third-order valence-corrected chi connectivity index (χ3v) is 3.99. The summed E-state index contributed by atoms with van der Waals surface area (Å²) in [7, 11) is 1.53. The molecule has 1 aromatic rings. The summed E-state index contributed by atoms with van der Waals surface area (Å²) < 4.78 is 5.11. The monoisotopic (exact) mass is 264 g/mol. The van der Waals surface area contributed by atoms with Crippen LogP contribution in [0.5, 0.6) is 5.75 Å². The Kier molecular flexibility index (Phi) is 2.63. The summed E-state index contributed by atoms with van der Waals surface area (Å²) >= 11 is 0. The molecule has 2 fully saturated rings. The molecule has 19 heavy (non-hydrogen) atoms. The normalized spacial score (nSPS) is 20.8. The Balaban J connectivity index is 1.85. The largest absolute Gasteiger partial charge is 0.497 e. The van der Waals surface area contributed by atoms with Crippen LogP contribution < -0.4 is 9.64 Å². The summed E-state index contributed by atoms with van der Waals surface area (Å²) in [6, 6.07) is 4.68. The highest BCUT2D eigenvalue weighted by molar-refractivity contribution is 5.67. The van der Waals surface area contributed by atoms with Crippen LogP contribution >= 0.6 is 0 Å². The molecule has 3 rings (SSSR count). The molecule has 1 heterocycles. The Labute approximate surface area is 110 Å². The van der Waals surface area contributed by atoms with Gasteiger partial charge in [-0.1, -0.05) is 0 Å². The lowest BCUT2D eigenvalue weighted by molar-refractivity contribution is -0.384. The molecule has 1 aliphatic carbocycles. The van der Waals surface area contributed by atoms with Gasteiger partial charge >= 0.3 is 0 Å². The third kappa shape index (κ3) is 2.02. The van der Waals surface area contributed by atoms with Crippen LogP contribution in [0.4, 0.5) is 11.4 Å². The highest BCUT2D eigenvalue weighted by Crippen LogP contribution is 2.47. The number of rotatable bonds is 4. The van der Waals surface area contributed by atoms with E-state index in [0.29, 0.717) is 30.4 Å². The molecule has 2 aliphatic rings. The van der Waals surface area contributed by atoms with Crippen LogP contribution in [0, 0.1) is 16.0 Å². The van der Waals surface area contributed by atoms with Gasteiger partial charge < -0.3 is 14.7 Å². The summed E-state index contributed by atoms with van der Waals surface area (Å²) in [5.74, 6) is 0.955. The SMILES string of the molecule is COc1ccc([N+](=O)[O-])c(N2CC(O)(C3CC3)C2)c1. The molecule has 1 aliphatic heterocycles. The number of β-amino-alcohol motifs (C(OH)–C–C–N with tert-alkyl or cyclic N) is 1. The van der Waals surface area contributed by atoms with Crippen molar-refractivity contribution in [2.24, 2.45) is 5.92 Å². The van der Waals surface area contributed by atoms with Crippen molar-refractivity contribution in [2.75, 3.05) is 25.1 Å². The average Bonchev–Trinajstić information content (AvgIpc) is 3.18. The van der Waals surface area contributed by atoms with Gasteiger partial charge in [0, 0.05) is 25.2 Å². The zero-order valence-electron chi connectivity index (χ0n) is 10.7. The van der Waals surface area contributed by atoms with Gasteiger partial charge in [-0.25, -0.2) is 0 Å². The van der Waals surface area contributed by atoms with Crippen LogP contribution in [0.2, 0.25) is 0 Å². The van der Waals surface area contributed by atoms with Gasteiger partial charge in [0.25, 0.3) is 5.69 Å². The molecule has 1 saturated heterocycles. The van der Waals surface area contributed by atoms with Crippen molar-refractivity contribution in [3.63, 3.8) is 0 Å². The first-order valence-corrected chi connectivity index (χ1v) is 6.33. The summed E-state index contributed by atoms with van der Waals surface area (Å²) in [6.45, 7) is 0.928. The number of hydrogen-bond donors (Lipinski definition) is 1. The quantitative estimate of drug-likeness (QED) is 0.659. The van der Waals surface area contributed by atoms with Crippen molar-refractivity contribution in [2.45, 2.75) is 18.4 Å². The number of aliphatic hydroxyl groups is 1. The number of anilines is 1. The van der Waals surface area contributed by atoms with Crippen LogP contribution in [0.25, 0.3) is 0 Å². The molecule has 6 heteroatoms. The lowest BCUT2D eigenvalue weighted by Gasteiger charge is -2.48. The molecule has 6 nitrogen and oxygen atoms in total. The number of nitrogens with zero attached hydrogens (tertiary/aromatic N) is 2. The number of methoxy groups -OCH3 is 1. The van der Waals surface area contributed by atoms with Crippen LogP contribution in [0.3, 0.4) is 0 Å². The van der Waals surface area contributed by atoms with E-state index in [1.165, 1.54) is 13.2 Å². The minimum atomic E-state index is -0.656. The van der Waals surface area contributed by atoms with Crippen LogP contribution in [-0.2, 0) is 0 Å². The Bertz CT molecular complexity index is 521. The molecule has 0 bridgehead atoms. The maximum atomic E-state index is 11.0. The van der Waals surface area contributed by atoms with Gasteiger partial charge in [0.15, 0.2) is 0 Å². The highest BCUT2D eigenvalue weighted by Gasteiger charge is 2.52. The third-order valence-electron chi connectivity index (χ3n) is 3.99. The molecule has 0 amide bonds. The molecule has 0 unspecified atom stereocenters. The second-order valence-corrected chi connectivity index (χ2v) is 5.35. The summed E-state index contributed by atoms with van der Waals surface area (Å²) in [5.41, 5.74) is -0.0787. The number of nitro benzene ring substituents is 1. The van der Waals surface area contributed by atoms with Gasteiger partial charge in [-0.15, -0.1) is 0 Å². The zero-order chi connectivity index (χ0) is 13.6. The first-order chi connectivity index (χ1) is 9.03. The summed E-state index contributed by atoms with van der Waals surface area (Å²) in [5, 5.41) is 21.3. The molecular weight excluding hydrogens is 248 g/mol. The number of nitro groups is 1. The first kappa shape index (κ1) is 12.2. The second-order valence-electron chi connectivity index (χ2n) is 5.35. The lowest BCUT2D eigenvalue weighted by Crippen LogP contribution is -2.63. The fourth-order valence-electron chi connectivity index (χ4n) is 2.70. The molecule has 0 radical (unpaired) electrons. The molecule has 0 aromatic heterocycles. The van der Waals surface area contributed by atoms with E-state index in [-0.39, 0.29) is 5.69 Å². The Morgan fingerprint density at radius 3 is 2.68 bits per heavy atom. The van der Waals surface area contributed by atoms with Gasteiger partial charge in [0.05, 0.1) is 12.0 Å². The summed E-state index contributed by atoms with van der Waals surface area (Å²) in [4.78, 5) is 12.5. The molecule has 1 N–H and O–H groups in total. The van der Waals surface area contributed by atoms with Crippen molar-refractivity contribution in [3.8, 4) is 5.75 Å². The van der Waals surface area contributed by atoms with Crippen molar-refractivity contribution >= 4 is 11.4 Å². The maximum absolute atomic E-state index is 11.0. The van der Waals surface area contributed by atoms with Crippen molar-refractivity contribution in [1.29, 1.82) is 0 Å². The molecule has 102 valence electrons. The second kappa shape index (κ2) is 4.09. The Morgan fingerprint density at radius 1 is 1.47 bits per heavy atom. The maximum Gasteiger partial charge on any atom is 0.292 e. The minimum absolute atomic E-state index is 0.0543. The zero-order valence-corrected chi connectivity index (χ0v) is 10.7. The smallest absolute Gasteiger partial charge is 0.292 e. The predicted molar refractivity (Wildman–Crippen MR) is 69.5 cm³/mol. The van der Waals surface area contributed by atoms with E-state index in [1.807, 2.05) is 4.90 Å². The van der Waals surface area contributed by atoms with Crippen molar-refractivity contribution < 1.29 is 14.8 Å². The van der Waals surface area contributed by atoms with Gasteiger partial charge in [-0.2, -0.15) is 0 Å². The van der Waals surface area contributed by atoms with Crippen molar-refractivity contribution in [3.05, 3.63) is 28.3 Å². The van der Waals surface area contributed by atoms with E-state index in [4.69, 9.17) is 4.74 Å². The molecule has 0 spiro atoms. The number of hydrogen-bond acceptors (Lipinski definition) is 5. The minimum Gasteiger partial charge on any atom is -0.497 e. The van der Waals surface area contributed by atoms with Crippen LogP contribution in [0.15, 0.2) is 18.2 Å². The number of benzene rings is 1. The van der Waals surface area contributed by atoms with Gasteiger partial charge in [-0.05, 0) is 24.8 Å². The van der Waals surface area contributed by atoms with Gasteiger partial charge in [-0.3, -0.25) is 10.1 Å². The summed E-state index contributed by atoms with van der Waals surface area (Å²) in [6.07, 6.45) is 2.12. The predicted octanol–water partition coefficient (Wildman–Crippen LogP) is 1.56. The van der Waals surface area contributed by atoms with E-state index in [9.17, 15) is 15.2 Å².